The van der Waals surface area contributed by atoms with Gasteiger partial charge in [-0.1, -0.05) is 31.2 Å². The Balaban J connectivity index is 2.04. The minimum absolute atomic E-state index is 0.125. The molecule has 1 amide bonds. The topological polar surface area (TPSA) is 98.3 Å². The largest absolute Gasteiger partial charge is 0.384 e. The second kappa shape index (κ2) is 7.40. The lowest BCUT2D eigenvalue weighted by atomic mass is 10.1. The first-order valence-corrected chi connectivity index (χ1v) is 7.41. The number of non-ortho nitro benzene ring substituents is 1. The molecular formula is C17H19N3O3. The van der Waals surface area contributed by atoms with E-state index in [-0.39, 0.29) is 11.3 Å². The number of primary amides is 1. The van der Waals surface area contributed by atoms with Crippen LogP contribution in [0, 0.1) is 10.1 Å². The van der Waals surface area contributed by atoms with Gasteiger partial charge >= 0.3 is 0 Å². The van der Waals surface area contributed by atoms with Crippen LogP contribution in [-0.4, -0.2) is 17.4 Å². The Labute approximate surface area is 134 Å². The smallest absolute Gasteiger partial charge is 0.270 e. The lowest BCUT2D eigenvalue weighted by Crippen LogP contribution is -2.16. The van der Waals surface area contributed by atoms with E-state index in [0.29, 0.717) is 12.2 Å². The highest BCUT2D eigenvalue weighted by atomic mass is 16.6. The molecule has 3 N–H and O–H groups in total. The Bertz CT molecular complexity index is 712. The van der Waals surface area contributed by atoms with E-state index in [4.69, 9.17) is 5.73 Å². The van der Waals surface area contributed by atoms with Gasteiger partial charge in [-0.05, 0) is 30.0 Å². The molecule has 0 spiro atoms. The normalized spacial score (nSPS) is 10.3. The van der Waals surface area contributed by atoms with E-state index in [1.807, 2.05) is 0 Å². The third-order valence-corrected chi connectivity index (χ3v) is 3.64. The molecule has 2 aromatic rings. The number of nitro groups is 1. The van der Waals surface area contributed by atoms with Crippen molar-refractivity contribution in [2.45, 2.75) is 19.8 Å². The molecule has 0 radical (unpaired) electrons. The summed E-state index contributed by atoms with van der Waals surface area (Å²) >= 11 is 0. The molecule has 0 aliphatic heterocycles. The molecular weight excluding hydrogens is 294 g/mol. The van der Waals surface area contributed by atoms with Crippen molar-refractivity contribution >= 4 is 17.3 Å². The van der Waals surface area contributed by atoms with Gasteiger partial charge in [-0.25, -0.2) is 0 Å². The molecule has 0 atom stereocenters. The third kappa shape index (κ3) is 4.29. The fourth-order valence-electron chi connectivity index (χ4n) is 2.29. The highest BCUT2D eigenvalue weighted by molar-refractivity contribution is 5.99. The van der Waals surface area contributed by atoms with Crippen molar-refractivity contribution in [2.75, 3.05) is 11.9 Å². The number of carbonyl (C=O) groups excluding carboxylic acids is 1. The van der Waals surface area contributed by atoms with Crippen molar-refractivity contribution in [3.63, 3.8) is 0 Å². The van der Waals surface area contributed by atoms with Gasteiger partial charge in [-0.15, -0.1) is 0 Å². The van der Waals surface area contributed by atoms with Gasteiger partial charge in [-0.2, -0.15) is 0 Å². The number of nitrogens with two attached hydrogens (primary N) is 1. The maximum atomic E-state index is 11.5. The number of hydrogen-bond donors (Lipinski definition) is 2. The number of carbonyl (C=O) groups is 1. The zero-order valence-corrected chi connectivity index (χ0v) is 12.9. The SMILES string of the molecule is CCc1ccc(CCNc2ccc([N+](=O)[O-])cc2C(N)=O)cc1. The van der Waals surface area contributed by atoms with E-state index in [0.717, 1.165) is 12.8 Å². The van der Waals surface area contributed by atoms with E-state index >= 15 is 0 Å². The van der Waals surface area contributed by atoms with E-state index < -0.39 is 10.8 Å². The molecule has 23 heavy (non-hydrogen) atoms. The number of aryl methyl sites for hydroxylation is 1. The zero-order valence-electron chi connectivity index (χ0n) is 12.9. The molecule has 0 bridgehead atoms. The monoisotopic (exact) mass is 313 g/mol. The molecule has 0 heterocycles. The Morgan fingerprint density at radius 3 is 2.39 bits per heavy atom. The Kier molecular flexibility index (Phi) is 5.30. The Hall–Kier alpha value is -2.89. The van der Waals surface area contributed by atoms with Crippen molar-refractivity contribution in [1.82, 2.24) is 0 Å². The highest BCUT2D eigenvalue weighted by Gasteiger charge is 2.14. The lowest BCUT2D eigenvalue weighted by Gasteiger charge is -2.10. The summed E-state index contributed by atoms with van der Waals surface area (Å²) in [5.74, 6) is -0.691. The summed E-state index contributed by atoms with van der Waals surface area (Å²) in [6.07, 6.45) is 1.78. The van der Waals surface area contributed by atoms with E-state index in [2.05, 4.69) is 36.5 Å². The van der Waals surface area contributed by atoms with Crippen LogP contribution in [0.3, 0.4) is 0 Å². The van der Waals surface area contributed by atoms with Crippen LogP contribution in [0.5, 0.6) is 0 Å². The molecule has 0 fully saturated rings. The summed E-state index contributed by atoms with van der Waals surface area (Å²) in [4.78, 5) is 21.7. The van der Waals surface area contributed by atoms with Gasteiger partial charge in [0.2, 0.25) is 0 Å². The van der Waals surface area contributed by atoms with Crippen LogP contribution in [0.2, 0.25) is 0 Å². The quantitative estimate of drug-likeness (QED) is 0.606. The van der Waals surface area contributed by atoms with Gasteiger partial charge in [0.05, 0.1) is 10.5 Å². The van der Waals surface area contributed by atoms with Crippen molar-refractivity contribution in [1.29, 1.82) is 0 Å². The summed E-state index contributed by atoms with van der Waals surface area (Å²) in [5.41, 5.74) is 8.24. The molecule has 0 aliphatic rings. The minimum Gasteiger partial charge on any atom is -0.384 e. The molecule has 2 rings (SSSR count). The molecule has 6 heteroatoms. The fourth-order valence-corrected chi connectivity index (χ4v) is 2.29. The number of nitrogens with zero attached hydrogens (tertiary/aromatic N) is 1. The molecule has 0 aliphatic carbocycles. The number of nitro benzene ring substituents is 1. The summed E-state index contributed by atoms with van der Waals surface area (Å²) < 4.78 is 0. The Morgan fingerprint density at radius 1 is 1.17 bits per heavy atom. The molecule has 0 unspecified atom stereocenters. The van der Waals surface area contributed by atoms with E-state index in [1.165, 1.54) is 29.3 Å². The number of anilines is 1. The standard InChI is InChI=1S/C17H19N3O3/c1-2-12-3-5-13(6-4-12)9-10-19-16-8-7-14(20(22)23)11-15(16)17(18)21/h3-8,11,19H,2,9-10H2,1H3,(H2,18,21). The average Bonchev–Trinajstić information content (AvgIpc) is 2.55. The molecule has 0 saturated carbocycles. The first-order chi connectivity index (χ1) is 11.0. The zero-order chi connectivity index (χ0) is 16.8. The number of nitrogens with one attached hydrogen (secondary N) is 1. The molecule has 0 aromatic heterocycles. The summed E-state index contributed by atoms with van der Waals surface area (Å²) in [6, 6.07) is 12.4. The van der Waals surface area contributed by atoms with Crippen LogP contribution in [0.4, 0.5) is 11.4 Å². The first-order valence-electron chi connectivity index (χ1n) is 7.41. The van der Waals surface area contributed by atoms with Gasteiger partial charge < -0.3 is 11.1 Å². The summed E-state index contributed by atoms with van der Waals surface area (Å²) in [5, 5.41) is 13.9. The Morgan fingerprint density at radius 2 is 1.83 bits per heavy atom. The highest BCUT2D eigenvalue weighted by Crippen LogP contribution is 2.21. The van der Waals surface area contributed by atoms with Gasteiger partial charge in [0.15, 0.2) is 0 Å². The van der Waals surface area contributed by atoms with Gasteiger partial charge in [0.25, 0.3) is 11.6 Å². The molecule has 6 nitrogen and oxygen atoms in total. The van der Waals surface area contributed by atoms with E-state index in [1.54, 1.807) is 0 Å². The fraction of sp³-hybridized carbons (Fsp3) is 0.235. The minimum atomic E-state index is -0.691. The van der Waals surface area contributed by atoms with Crippen LogP contribution in [0.15, 0.2) is 42.5 Å². The number of rotatable bonds is 7. The van der Waals surface area contributed by atoms with Crippen LogP contribution in [0.1, 0.15) is 28.4 Å². The maximum absolute atomic E-state index is 11.5. The van der Waals surface area contributed by atoms with Crippen LogP contribution in [0.25, 0.3) is 0 Å². The molecule has 120 valence electrons. The van der Waals surface area contributed by atoms with Gasteiger partial charge in [0, 0.05) is 24.4 Å². The average molecular weight is 313 g/mol. The first kappa shape index (κ1) is 16.5. The van der Waals surface area contributed by atoms with Crippen molar-refractivity contribution in [3.8, 4) is 0 Å². The summed E-state index contributed by atoms with van der Waals surface area (Å²) in [6.45, 7) is 2.71. The van der Waals surface area contributed by atoms with E-state index in [9.17, 15) is 14.9 Å². The van der Waals surface area contributed by atoms with Gasteiger partial charge in [0.1, 0.15) is 0 Å². The molecule has 0 saturated heterocycles. The maximum Gasteiger partial charge on any atom is 0.270 e. The van der Waals surface area contributed by atoms with Crippen LogP contribution >= 0.6 is 0 Å². The second-order valence-electron chi connectivity index (χ2n) is 5.20. The number of benzene rings is 2. The van der Waals surface area contributed by atoms with Crippen molar-refractivity contribution in [2.24, 2.45) is 5.73 Å². The number of hydrogen-bond acceptors (Lipinski definition) is 4. The van der Waals surface area contributed by atoms with Crippen molar-refractivity contribution in [3.05, 3.63) is 69.3 Å². The van der Waals surface area contributed by atoms with Crippen LogP contribution in [-0.2, 0) is 12.8 Å². The van der Waals surface area contributed by atoms with Gasteiger partial charge in [-0.3, -0.25) is 14.9 Å². The third-order valence-electron chi connectivity index (χ3n) is 3.64. The van der Waals surface area contributed by atoms with Crippen LogP contribution < -0.4 is 11.1 Å². The predicted molar refractivity (Wildman–Crippen MR) is 89.6 cm³/mol. The number of amides is 1. The predicted octanol–water partition coefficient (Wildman–Crippen LogP) is 2.91. The molecule has 2 aromatic carbocycles. The second-order valence-corrected chi connectivity index (χ2v) is 5.20. The summed E-state index contributed by atoms with van der Waals surface area (Å²) in [7, 11) is 0. The lowest BCUT2D eigenvalue weighted by molar-refractivity contribution is -0.384. The van der Waals surface area contributed by atoms with Crippen molar-refractivity contribution < 1.29 is 9.72 Å².